The number of ether oxygens (including phenoxy) is 2. The first-order chi connectivity index (χ1) is 14.8. The summed E-state index contributed by atoms with van der Waals surface area (Å²) >= 11 is 5.98. The summed E-state index contributed by atoms with van der Waals surface area (Å²) < 4.78 is 10.4. The van der Waals surface area contributed by atoms with E-state index < -0.39 is 24.4 Å². The van der Waals surface area contributed by atoms with Crippen LogP contribution in [0.15, 0.2) is 24.3 Å². The van der Waals surface area contributed by atoms with Crippen molar-refractivity contribution in [1.82, 2.24) is 0 Å². The van der Waals surface area contributed by atoms with Gasteiger partial charge >= 0.3 is 5.97 Å². The maximum Gasteiger partial charge on any atom is 0.305 e. The summed E-state index contributed by atoms with van der Waals surface area (Å²) in [6.07, 6.45) is 4.35. The maximum atomic E-state index is 11.1. The standard InChI is InChI=1S/C24H37ClO6/c1-16(31-18-9-7-8-17(25)14-18)21(26)13-12-20-19(22(27)15-23(20)28)10-5-3-4-6-11-24(29)30-2/h7-9,14,16,19-23,26-28H,3-6,10-13,15H2,1-2H3. The van der Waals surface area contributed by atoms with E-state index in [1.54, 1.807) is 24.3 Å². The first-order valence-corrected chi connectivity index (χ1v) is 11.7. The third kappa shape index (κ3) is 8.60. The van der Waals surface area contributed by atoms with Crippen LogP contribution in [0.25, 0.3) is 0 Å². The Labute approximate surface area is 190 Å². The second-order valence-corrected chi connectivity index (χ2v) is 9.09. The van der Waals surface area contributed by atoms with Crippen LogP contribution in [-0.2, 0) is 9.53 Å². The van der Waals surface area contributed by atoms with Crippen LogP contribution in [0.5, 0.6) is 5.75 Å². The Morgan fingerprint density at radius 1 is 1.13 bits per heavy atom. The summed E-state index contributed by atoms with van der Waals surface area (Å²) in [7, 11) is 1.40. The molecule has 0 radical (unpaired) electrons. The molecule has 1 aliphatic rings. The van der Waals surface area contributed by atoms with Gasteiger partial charge < -0.3 is 24.8 Å². The van der Waals surface area contributed by atoms with E-state index in [2.05, 4.69) is 4.74 Å². The lowest BCUT2D eigenvalue weighted by Gasteiger charge is -2.26. The zero-order valence-electron chi connectivity index (χ0n) is 18.6. The van der Waals surface area contributed by atoms with Crippen molar-refractivity contribution in [3.63, 3.8) is 0 Å². The number of aliphatic hydroxyl groups excluding tert-OH is 3. The summed E-state index contributed by atoms with van der Waals surface area (Å²) in [5.41, 5.74) is 0. The van der Waals surface area contributed by atoms with Crippen molar-refractivity contribution in [3.8, 4) is 5.75 Å². The van der Waals surface area contributed by atoms with Gasteiger partial charge in [0.1, 0.15) is 11.9 Å². The fraction of sp³-hybridized carbons (Fsp3) is 0.708. The van der Waals surface area contributed by atoms with Crippen LogP contribution in [0.4, 0.5) is 0 Å². The summed E-state index contributed by atoms with van der Waals surface area (Å²) in [5, 5.41) is 32.0. The van der Waals surface area contributed by atoms with Crippen LogP contribution in [0.1, 0.15) is 64.7 Å². The summed E-state index contributed by atoms with van der Waals surface area (Å²) in [5.74, 6) is 0.437. The van der Waals surface area contributed by atoms with Gasteiger partial charge in [0.2, 0.25) is 0 Å². The zero-order chi connectivity index (χ0) is 22.8. The molecule has 1 saturated carbocycles. The van der Waals surface area contributed by atoms with Crippen molar-refractivity contribution in [1.29, 1.82) is 0 Å². The Morgan fingerprint density at radius 2 is 1.81 bits per heavy atom. The van der Waals surface area contributed by atoms with Crippen LogP contribution >= 0.6 is 11.6 Å². The molecule has 0 aliphatic heterocycles. The average molecular weight is 457 g/mol. The molecule has 176 valence electrons. The minimum Gasteiger partial charge on any atom is -0.488 e. The normalized spacial score (nSPS) is 25.2. The monoisotopic (exact) mass is 456 g/mol. The Hall–Kier alpha value is -1.34. The van der Waals surface area contributed by atoms with Crippen molar-refractivity contribution in [3.05, 3.63) is 29.3 Å². The Morgan fingerprint density at radius 3 is 2.48 bits per heavy atom. The molecule has 0 spiro atoms. The molecule has 0 saturated heterocycles. The molecule has 0 heterocycles. The Balaban J connectivity index is 1.75. The number of rotatable bonds is 13. The SMILES string of the molecule is COC(=O)CCCCCCC1C(O)CC(O)C1CCC(O)C(C)Oc1cccc(Cl)c1. The molecule has 0 amide bonds. The molecule has 6 atom stereocenters. The largest absolute Gasteiger partial charge is 0.488 e. The van der Waals surface area contributed by atoms with Crippen molar-refractivity contribution < 1.29 is 29.6 Å². The molecule has 1 aromatic rings. The molecule has 0 aromatic heterocycles. The van der Waals surface area contributed by atoms with Crippen LogP contribution in [0, 0.1) is 11.8 Å². The predicted molar refractivity (Wildman–Crippen MR) is 120 cm³/mol. The third-order valence-corrected chi connectivity index (χ3v) is 6.61. The molecular formula is C24H37ClO6. The van der Waals surface area contributed by atoms with Gasteiger partial charge in [-0.3, -0.25) is 4.79 Å². The summed E-state index contributed by atoms with van der Waals surface area (Å²) in [6.45, 7) is 1.82. The first kappa shape index (κ1) is 25.9. The minimum absolute atomic E-state index is 0.0295. The van der Waals surface area contributed by atoms with Gasteiger partial charge in [-0.05, 0) is 69.1 Å². The number of hydrogen-bond donors (Lipinski definition) is 3. The van der Waals surface area contributed by atoms with Gasteiger partial charge in [-0.25, -0.2) is 0 Å². The quantitative estimate of drug-likeness (QED) is 0.305. The molecule has 6 nitrogen and oxygen atoms in total. The van der Waals surface area contributed by atoms with E-state index in [-0.39, 0.29) is 17.8 Å². The van der Waals surface area contributed by atoms with Crippen molar-refractivity contribution in [2.45, 2.75) is 89.1 Å². The lowest BCUT2D eigenvalue weighted by atomic mass is 9.84. The van der Waals surface area contributed by atoms with E-state index >= 15 is 0 Å². The highest BCUT2D eigenvalue weighted by Crippen LogP contribution is 2.39. The number of unbranched alkanes of at least 4 members (excludes halogenated alkanes) is 3. The second-order valence-electron chi connectivity index (χ2n) is 8.65. The van der Waals surface area contributed by atoms with Gasteiger partial charge in [-0.1, -0.05) is 36.9 Å². The number of halogens is 1. The van der Waals surface area contributed by atoms with Crippen molar-refractivity contribution in [2.75, 3.05) is 7.11 Å². The van der Waals surface area contributed by atoms with E-state index in [0.29, 0.717) is 36.5 Å². The van der Waals surface area contributed by atoms with E-state index in [1.165, 1.54) is 7.11 Å². The van der Waals surface area contributed by atoms with Gasteiger partial charge in [0.25, 0.3) is 0 Å². The molecule has 0 bridgehead atoms. The van der Waals surface area contributed by atoms with E-state index in [4.69, 9.17) is 16.3 Å². The predicted octanol–water partition coefficient (Wildman–Crippen LogP) is 4.12. The maximum absolute atomic E-state index is 11.1. The van der Waals surface area contributed by atoms with Gasteiger partial charge in [0, 0.05) is 11.4 Å². The molecule has 6 unspecified atom stereocenters. The zero-order valence-corrected chi connectivity index (χ0v) is 19.3. The molecule has 1 aromatic carbocycles. The summed E-state index contributed by atoms with van der Waals surface area (Å²) in [4.78, 5) is 11.1. The topological polar surface area (TPSA) is 96.2 Å². The van der Waals surface area contributed by atoms with Crippen LogP contribution in [0.2, 0.25) is 5.02 Å². The highest BCUT2D eigenvalue weighted by molar-refractivity contribution is 6.30. The van der Waals surface area contributed by atoms with Crippen LogP contribution in [0.3, 0.4) is 0 Å². The van der Waals surface area contributed by atoms with Crippen LogP contribution in [-0.4, -0.2) is 52.8 Å². The third-order valence-electron chi connectivity index (χ3n) is 6.37. The molecule has 2 rings (SSSR count). The number of carbonyl (C=O) groups excluding carboxylic acids is 1. The minimum atomic E-state index is -0.678. The molecule has 31 heavy (non-hydrogen) atoms. The van der Waals surface area contributed by atoms with Gasteiger partial charge in [-0.15, -0.1) is 0 Å². The lowest BCUT2D eigenvalue weighted by Crippen LogP contribution is -2.31. The number of methoxy groups -OCH3 is 1. The number of esters is 1. The highest BCUT2D eigenvalue weighted by atomic mass is 35.5. The molecule has 7 heteroatoms. The number of benzene rings is 1. The Kier molecular flexibility index (Phi) is 11.1. The van der Waals surface area contributed by atoms with Gasteiger partial charge in [0.15, 0.2) is 0 Å². The molecular weight excluding hydrogens is 420 g/mol. The average Bonchev–Trinajstić information content (AvgIpc) is 3.00. The second kappa shape index (κ2) is 13.3. The molecule has 1 aliphatic carbocycles. The van der Waals surface area contributed by atoms with E-state index in [9.17, 15) is 20.1 Å². The first-order valence-electron chi connectivity index (χ1n) is 11.3. The fourth-order valence-electron chi connectivity index (χ4n) is 4.52. The highest BCUT2D eigenvalue weighted by Gasteiger charge is 2.41. The molecule has 1 fully saturated rings. The number of hydrogen-bond acceptors (Lipinski definition) is 6. The van der Waals surface area contributed by atoms with Crippen molar-refractivity contribution in [2.24, 2.45) is 11.8 Å². The summed E-state index contributed by atoms with van der Waals surface area (Å²) in [6, 6.07) is 7.07. The smallest absolute Gasteiger partial charge is 0.305 e. The number of aliphatic hydroxyl groups is 3. The number of carbonyl (C=O) groups is 1. The van der Waals surface area contributed by atoms with E-state index in [0.717, 1.165) is 32.1 Å². The lowest BCUT2D eigenvalue weighted by molar-refractivity contribution is -0.140. The Bertz CT molecular complexity index is 669. The van der Waals surface area contributed by atoms with Gasteiger partial charge in [-0.2, -0.15) is 0 Å². The van der Waals surface area contributed by atoms with Gasteiger partial charge in [0.05, 0.1) is 25.4 Å². The fourth-order valence-corrected chi connectivity index (χ4v) is 4.70. The van der Waals surface area contributed by atoms with Crippen molar-refractivity contribution >= 4 is 17.6 Å². The van der Waals surface area contributed by atoms with E-state index in [1.807, 2.05) is 6.92 Å². The van der Waals surface area contributed by atoms with Crippen LogP contribution < -0.4 is 4.74 Å². The molecule has 3 N–H and O–H groups in total.